The minimum Gasteiger partial charge on any atom is -0.267 e. The van der Waals surface area contributed by atoms with E-state index in [0.29, 0.717) is 19.8 Å². The molecule has 0 fully saturated rings. The molecule has 3 heterocycles. The van der Waals surface area contributed by atoms with Crippen LogP contribution in [0.4, 0.5) is 0 Å². The van der Waals surface area contributed by atoms with Gasteiger partial charge in [-0.15, -0.1) is 45.3 Å². The van der Waals surface area contributed by atoms with Crippen molar-refractivity contribution < 1.29 is 0 Å². The van der Waals surface area contributed by atoms with E-state index in [1.54, 1.807) is 24.3 Å². The fraction of sp³-hybridized carbons (Fsp3) is 0. The molecule has 0 saturated carbocycles. The molecule has 0 bridgehead atoms. The number of hydrogen-bond donors (Lipinski definition) is 0. The largest absolute Gasteiger partial charge is 0.277 e. The van der Waals surface area contributed by atoms with E-state index in [2.05, 4.69) is 0 Å². The highest BCUT2D eigenvalue weighted by molar-refractivity contribution is 7.78. The third-order valence-corrected chi connectivity index (χ3v) is 8.95. The molecule has 2 aromatic rings. The second kappa shape index (κ2) is 5.33. The van der Waals surface area contributed by atoms with E-state index in [0.717, 1.165) is 11.2 Å². The van der Waals surface area contributed by atoms with Crippen LogP contribution in [0.1, 0.15) is 0 Å². The Hall–Kier alpha value is -0.900. The second-order valence-corrected chi connectivity index (χ2v) is 10.5. The molecule has 0 N–H and O–H groups in total. The number of halogens is 1. The van der Waals surface area contributed by atoms with Gasteiger partial charge in [-0.1, -0.05) is 23.8 Å². The fourth-order valence-electron chi connectivity index (χ4n) is 2.06. The van der Waals surface area contributed by atoms with Crippen molar-refractivity contribution in [3.05, 3.63) is 62.2 Å². The number of aromatic nitrogens is 1. The zero-order valence-corrected chi connectivity index (χ0v) is 15.3. The first-order chi connectivity index (χ1) is 10.5. The van der Waals surface area contributed by atoms with E-state index in [4.69, 9.17) is 23.8 Å². The summed E-state index contributed by atoms with van der Waals surface area (Å²) < 4.78 is 4.98. The van der Waals surface area contributed by atoms with Gasteiger partial charge < -0.3 is 0 Å². The van der Waals surface area contributed by atoms with Gasteiger partial charge in [0.05, 0.1) is 5.69 Å². The predicted octanol–water partition coefficient (Wildman–Crippen LogP) is 4.70. The Balaban J connectivity index is 2.14. The number of nitrogens with zero attached hydrogens (tertiary/aromatic N) is 1. The van der Waals surface area contributed by atoms with Crippen molar-refractivity contribution in [2.75, 3.05) is 0 Å². The van der Waals surface area contributed by atoms with Crippen molar-refractivity contribution in [1.82, 2.24) is 4.57 Å². The van der Waals surface area contributed by atoms with Gasteiger partial charge in [0.2, 0.25) is 0 Å². The van der Waals surface area contributed by atoms with Gasteiger partial charge in [0, 0.05) is 5.02 Å². The Morgan fingerprint density at radius 2 is 1.36 bits per heavy atom. The van der Waals surface area contributed by atoms with Gasteiger partial charge >= 0.3 is 0 Å². The molecule has 2 aliphatic rings. The van der Waals surface area contributed by atoms with Crippen molar-refractivity contribution in [3.63, 3.8) is 0 Å². The monoisotopic (exact) mass is 401 g/mol. The molecule has 0 amide bonds. The highest BCUT2D eigenvalue weighted by atomic mass is 35.5. The Morgan fingerprint density at radius 3 is 1.86 bits per heavy atom. The van der Waals surface area contributed by atoms with Crippen LogP contribution in [0.2, 0.25) is 5.02 Å². The minimum absolute atomic E-state index is 0.283. The maximum absolute atomic E-state index is 12.6. The van der Waals surface area contributed by atoms with Gasteiger partial charge in [0.25, 0.3) is 11.1 Å². The van der Waals surface area contributed by atoms with Crippen molar-refractivity contribution in [1.29, 1.82) is 0 Å². The van der Waals surface area contributed by atoms with Gasteiger partial charge in [-0.2, -0.15) is 0 Å². The highest BCUT2D eigenvalue weighted by Gasteiger charge is 2.15. The van der Waals surface area contributed by atoms with E-state index in [1.807, 2.05) is 0 Å². The lowest BCUT2D eigenvalue weighted by Crippen LogP contribution is -2.24. The molecule has 0 spiro atoms. The van der Waals surface area contributed by atoms with Gasteiger partial charge in [0.15, 0.2) is 0 Å². The first-order valence-electron chi connectivity index (χ1n) is 5.93. The molecule has 1 aromatic carbocycles. The molecule has 3 nitrogen and oxygen atoms in total. The molecule has 1 aromatic heterocycles. The van der Waals surface area contributed by atoms with Crippen LogP contribution in [0.5, 0.6) is 0 Å². The summed E-state index contributed by atoms with van der Waals surface area (Å²) in [4.78, 5) is 25.2. The van der Waals surface area contributed by atoms with Gasteiger partial charge in [-0.05, 0) is 24.3 Å². The minimum atomic E-state index is -0.283. The summed E-state index contributed by atoms with van der Waals surface area (Å²) in [5, 5.41) is 0.561. The van der Waals surface area contributed by atoms with E-state index in [1.165, 1.54) is 49.9 Å². The lowest BCUT2D eigenvalue weighted by molar-refractivity contribution is 0.976. The zero-order valence-electron chi connectivity index (χ0n) is 10.5. The number of rotatable bonds is 1. The van der Waals surface area contributed by atoms with Crippen molar-refractivity contribution >= 4 is 77.2 Å². The number of hydrogen-bond acceptors (Lipinski definition) is 7. The summed E-state index contributed by atoms with van der Waals surface area (Å²) in [5.74, 6) is 0. The number of benzene rings is 1. The summed E-state index contributed by atoms with van der Waals surface area (Å²) in [7, 11) is 0. The molecule has 22 heavy (non-hydrogen) atoms. The summed E-state index contributed by atoms with van der Waals surface area (Å²) in [5.41, 5.74) is -0.0319. The molecule has 0 saturated heterocycles. The van der Waals surface area contributed by atoms with Crippen molar-refractivity contribution in [2.24, 2.45) is 0 Å². The van der Waals surface area contributed by atoms with Gasteiger partial charge in [-0.3, -0.25) is 9.59 Å². The van der Waals surface area contributed by atoms with Crippen LogP contribution < -0.4 is 11.1 Å². The molecular formula is C13H4ClNO2S5. The lowest BCUT2D eigenvalue weighted by Gasteiger charge is -1.99. The van der Waals surface area contributed by atoms with E-state index < -0.39 is 0 Å². The Kier molecular flexibility index (Phi) is 3.55. The quantitative estimate of drug-likeness (QED) is 0.434. The normalized spacial score (nSPS) is 11.5. The average Bonchev–Trinajstić information content (AvgIpc) is 2.96. The summed E-state index contributed by atoms with van der Waals surface area (Å²) in [6.07, 6.45) is 0. The van der Waals surface area contributed by atoms with E-state index in [9.17, 15) is 9.59 Å². The van der Waals surface area contributed by atoms with Crippen LogP contribution in [-0.2, 0) is 0 Å². The SMILES string of the molecule is O=c1c2sc3sc(=S)sc3sc=2c(=O)n1-c1ccc(Cl)cc1. The highest BCUT2D eigenvalue weighted by Crippen LogP contribution is 2.34. The summed E-state index contributed by atoms with van der Waals surface area (Å²) in [6.45, 7) is 0. The molecule has 0 radical (unpaired) electrons. The smallest absolute Gasteiger partial charge is 0.267 e. The molecule has 0 atom stereocenters. The maximum atomic E-state index is 12.6. The van der Waals surface area contributed by atoms with Gasteiger partial charge in [-0.25, -0.2) is 4.57 Å². The molecule has 0 aliphatic carbocycles. The predicted molar refractivity (Wildman–Crippen MR) is 98.5 cm³/mol. The molecule has 2 aliphatic heterocycles. The van der Waals surface area contributed by atoms with Crippen LogP contribution in [0.25, 0.3) is 13.7 Å². The summed E-state index contributed by atoms with van der Waals surface area (Å²) >= 11 is 16.7. The third kappa shape index (κ3) is 2.22. The third-order valence-electron chi connectivity index (χ3n) is 2.99. The van der Waals surface area contributed by atoms with Crippen molar-refractivity contribution in [3.8, 4) is 5.69 Å². The van der Waals surface area contributed by atoms with Gasteiger partial charge in [0.1, 0.15) is 20.2 Å². The van der Waals surface area contributed by atoms with Crippen LogP contribution in [0.15, 0.2) is 33.9 Å². The Bertz CT molecular complexity index is 1170. The first-order valence-corrected chi connectivity index (χ1v) is 9.98. The van der Waals surface area contributed by atoms with Crippen LogP contribution >= 0.6 is 69.2 Å². The van der Waals surface area contributed by atoms with E-state index >= 15 is 0 Å². The molecule has 9 heteroatoms. The topological polar surface area (TPSA) is 39.1 Å². The lowest BCUT2D eigenvalue weighted by atomic mass is 10.3. The molecule has 0 unspecified atom stereocenters. The molecular weight excluding hydrogens is 398 g/mol. The Morgan fingerprint density at radius 1 is 0.864 bits per heavy atom. The fourth-order valence-corrected chi connectivity index (χ4v) is 8.29. The van der Waals surface area contributed by atoms with Crippen molar-refractivity contribution in [2.45, 2.75) is 0 Å². The first kappa shape index (κ1) is 14.7. The van der Waals surface area contributed by atoms with E-state index in [-0.39, 0.29) is 11.1 Å². The van der Waals surface area contributed by atoms with Crippen LogP contribution in [0, 0.1) is 12.2 Å². The summed E-state index contributed by atoms with van der Waals surface area (Å²) in [6, 6.07) is 6.67. The van der Waals surface area contributed by atoms with Crippen LogP contribution in [0.3, 0.4) is 0 Å². The molecule has 110 valence electrons. The maximum Gasteiger partial charge on any atom is 0.277 e. The molecule has 4 rings (SSSR count). The van der Waals surface area contributed by atoms with Crippen LogP contribution in [-0.4, -0.2) is 4.57 Å². The second-order valence-electron chi connectivity index (χ2n) is 4.31. The number of fused-ring (bicyclic) bond motifs is 1. The zero-order chi connectivity index (χ0) is 15.4. The Labute approximate surface area is 149 Å². The average molecular weight is 402 g/mol. The standard InChI is InChI=1S/C13H4ClNO2S5/c14-5-1-3-6(4-2-5)15-9(16)7-8(10(15)17)20-12-11(19-7)21-13(18)22-12/h1-4H.